The topological polar surface area (TPSA) is 127 Å². The number of hydrogen-bond donors (Lipinski definition) is 1. The van der Waals surface area contributed by atoms with Crippen molar-refractivity contribution in [3.63, 3.8) is 0 Å². The molecule has 0 bridgehead atoms. The van der Waals surface area contributed by atoms with Crippen LogP contribution in [0.25, 0.3) is 0 Å². The molecule has 1 N–H and O–H groups in total. The van der Waals surface area contributed by atoms with Gasteiger partial charge in [-0.1, -0.05) is 46.1 Å². The molecule has 2 rings (SSSR count). The lowest BCUT2D eigenvalue weighted by Crippen LogP contribution is -2.44. The van der Waals surface area contributed by atoms with Gasteiger partial charge in [0.15, 0.2) is 8.32 Å². The molecule has 1 aromatic rings. The van der Waals surface area contributed by atoms with Crippen molar-refractivity contribution in [1.82, 2.24) is 9.55 Å². The SMILES string of the molecule is C=CCOC(=O)Nc1ccn([C@H]2C[C@H](OC(=O)OCC=C)[C@@H](CO[Si](C)(C)C(C)(C)C)O2)c(=O)n1. The summed E-state index contributed by atoms with van der Waals surface area (Å²) in [7, 11) is -2.11. The third-order valence-corrected chi connectivity index (χ3v) is 10.4. The minimum absolute atomic E-state index is 0.00798. The number of amides is 1. The van der Waals surface area contributed by atoms with Crippen molar-refractivity contribution >= 4 is 26.4 Å². The Morgan fingerprint density at radius 2 is 1.91 bits per heavy atom. The van der Waals surface area contributed by atoms with Crippen LogP contribution in [0.4, 0.5) is 15.4 Å². The summed E-state index contributed by atoms with van der Waals surface area (Å²) in [5, 5.41) is 2.34. The summed E-state index contributed by atoms with van der Waals surface area (Å²) in [6, 6.07) is 1.44. The Hall–Kier alpha value is -2.96. The third-order valence-electron chi connectivity index (χ3n) is 5.86. The molecule has 11 nitrogen and oxygen atoms in total. The van der Waals surface area contributed by atoms with Crippen LogP contribution >= 0.6 is 0 Å². The highest BCUT2D eigenvalue weighted by atomic mass is 28.4. The van der Waals surface area contributed by atoms with Crippen LogP contribution in [0.15, 0.2) is 42.4 Å². The van der Waals surface area contributed by atoms with Crippen LogP contribution in [0.1, 0.15) is 33.4 Å². The molecule has 12 heteroatoms. The lowest BCUT2D eigenvalue weighted by atomic mass is 10.2. The minimum atomic E-state index is -2.11. The second-order valence-electron chi connectivity index (χ2n) is 9.46. The molecule has 3 atom stereocenters. The number of carbonyl (C=O) groups is 2. The first-order valence-electron chi connectivity index (χ1n) is 11.3. The van der Waals surface area contributed by atoms with Gasteiger partial charge in [-0.05, 0) is 24.2 Å². The number of rotatable bonds is 10. The fourth-order valence-corrected chi connectivity index (χ4v) is 3.93. The lowest BCUT2D eigenvalue weighted by molar-refractivity contribution is -0.0542. The van der Waals surface area contributed by atoms with Crippen LogP contribution in [-0.2, 0) is 23.4 Å². The summed E-state index contributed by atoms with van der Waals surface area (Å²) in [4.78, 5) is 40.3. The van der Waals surface area contributed by atoms with Crippen molar-refractivity contribution in [2.75, 3.05) is 25.1 Å². The molecule has 1 fully saturated rings. The second-order valence-corrected chi connectivity index (χ2v) is 14.3. The first kappa shape index (κ1) is 28.3. The predicted octanol–water partition coefficient (Wildman–Crippen LogP) is 3.99. The van der Waals surface area contributed by atoms with Gasteiger partial charge in [-0.15, -0.1) is 0 Å². The van der Waals surface area contributed by atoms with Gasteiger partial charge >= 0.3 is 17.9 Å². The van der Waals surface area contributed by atoms with E-state index in [2.05, 4.69) is 57.3 Å². The van der Waals surface area contributed by atoms with Crippen molar-refractivity contribution in [1.29, 1.82) is 0 Å². The van der Waals surface area contributed by atoms with E-state index in [1.807, 2.05) is 0 Å². The van der Waals surface area contributed by atoms with Crippen LogP contribution in [0.5, 0.6) is 0 Å². The monoisotopic (exact) mass is 509 g/mol. The van der Waals surface area contributed by atoms with Crippen molar-refractivity contribution in [2.24, 2.45) is 0 Å². The largest absolute Gasteiger partial charge is 0.508 e. The van der Waals surface area contributed by atoms with E-state index in [-0.39, 0.29) is 37.1 Å². The molecule has 1 aromatic heterocycles. The number of aromatic nitrogens is 2. The summed E-state index contributed by atoms with van der Waals surface area (Å²) < 4.78 is 28.8. The van der Waals surface area contributed by atoms with Gasteiger partial charge in [0.1, 0.15) is 37.5 Å². The Morgan fingerprint density at radius 3 is 2.51 bits per heavy atom. The Kier molecular flexibility index (Phi) is 9.80. The molecule has 2 heterocycles. The zero-order valence-corrected chi connectivity index (χ0v) is 21.9. The maximum Gasteiger partial charge on any atom is 0.508 e. The highest BCUT2D eigenvalue weighted by Crippen LogP contribution is 2.38. The molecule has 0 spiro atoms. The summed E-state index contributed by atoms with van der Waals surface area (Å²) >= 11 is 0. The van der Waals surface area contributed by atoms with E-state index in [1.54, 1.807) is 0 Å². The first-order chi connectivity index (χ1) is 16.4. The standard InChI is InChI=1S/C23H35N3O8Si/c1-8-12-30-21(28)25-18-10-11-26(20(27)24-18)19-14-16(34-22(29)31-13-9-2)17(33-19)15-32-35(6,7)23(3,4)5/h8-11,16-17,19H,1-2,12-15H2,3-7H3,(H,24,25,27,28)/t16-,17+,19+/m0/s1. The Bertz CT molecular complexity index is 972. The van der Waals surface area contributed by atoms with Crippen LogP contribution < -0.4 is 11.0 Å². The third kappa shape index (κ3) is 8.04. The fourth-order valence-electron chi connectivity index (χ4n) is 2.91. The zero-order chi connectivity index (χ0) is 26.2. The molecule has 194 valence electrons. The Morgan fingerprint density at radius 1 is 1.26 bits per heavy atom. The van der Waals surface area contributed by atoms with E-state index in [0.717, 1.165) is 0 Å². The highest BCUT2D eigenvalue weighted by Gasteiger charge is 2.43. The normalized spacial score (nSPS) is 20.1. The number of anilines is 1. The molecule has 1 saturated heterocycles. The van der Waals surface area contributed by atoms with E-state index in [9.17, 15) is 14.4 Å². The van der Waals surface area contributed by atoms with E-state index in [0.29, 0.717) is 0 Å². The van der Waals surface area contributed by atoms with Crippen LogP contribution in [0.3, 0.4) is 0 Å². The molecule has 0 aromatic carbocycles. The number of nitrogens with one attached hydrogen (secondary N) is 1. The zero-order valence-electron chi connectivity index (χ0n) is 20.9. The molecule has 1 aliphatic heterocycles. The van der Waals surface area contributed by atoms with Crippen LogP contribution in [0.2, 0.25) is 18.1 Å². The van der Waals surface area contributed by atoms with E-state index >= 15 is 0 Å². The molecule has 1 amide bonds. The van der Waals surface area contributed by atoms with E-state index in [1.165, 1.54) is 29.0 Å². The molecule has 0 unspecified atom stereocenters. The molecular weight excluding hydrogens is 474 g/mol. The van der Waals surface area contributed by atoms with Gasteiger partial charge in [0.2, 0.25) is 0 Å². The lowest BCUT2D eigenvalue weighted by Gasteiger charge is -2.37. The molecule has 0 radical (unpaired) electrons. The van der Waals surface area contributed by atoms with Gasteiger partial charge in [-0.2, -0.15) is 4.98 Å². The number of hydrogen-bond acceptors (Lipinski definition) is 9. The van der Waals surface area contributed by atoms with Gasteiger partial charge < -0.3 is 23.4 Å². The summed E-state index contributed by atoms with van der Waals surface area (Å²) in [6.45, 7) is 17.7. The second kappa shape index (κ2) is 12.1. The van der Waals surface area contributed by atoms with E-state index in [4.69, 9.17) is 23.4 Å². The summed E-state index contributed by atoms with van der Waals surface area (Å²) in [6.07, 6.45) is 0.755. The molecule has 1 aliphatic rings. The highest BCUT2D eigenvalue weighted by molar-refractivity contribution is 6.74. The maximum atomic E-state index is 12.6. The maximum absolute atomic E-state index is 12.6. The van der Waals surface area contributed by atoms with Crippen molar-refractivity contribution in [3.05, 3.63) is 48.1 Å². The van der Waals surface area contributed by atoms with Gasteiger partial charge in [0.05, 0.1) is 6.61 Å². The van der Waals surface area contributed by atoms with Gasteiger partial charge in [0, 0.05) is 12.6 Å². The average molecular weight is 510 g/mol. The van der Waals surface area contributed by atoms with Crippen molar-refractivity contribution < 1.29 is 33.0 Å². The van der Waals surface area contributed by atoms with Crippen LogP contribution in [-0.4, -0.2) is 62.1 Å². The molecule has 35 heavy (non-hydrogen) atoms. The minimum Gasteiger partial charge on any atom is -0.445 e. The van der Waals surface area contributed by atoms with Gasteiger partial charge in [0.25, 0.3) is 0 Å². The molecule has 0 saturated carbocycles. The number of ether oxygens (including phenoxy) is 4. The summed E-state index contributed by atoms with van der Waals surface area (Å²) in [5.41, 5.74) is -0.657. The van der Waals surface area contributed by atoms with Crippen molar-refractivity contribution in [3.8, 4) is 0 Å². The smallest absolute Gasteiger partial charge is 0.445 e. The summed E-state index contributed by atoms with van der Waals surface area (Å²) in [5.74, 6) is 0.0249. The van der Waals surface area contributed by atoms with E-state index < -0.39 is 44.7 Å². The Labute approximate surface area is 206 Å². The number of nitrogens with zero attached hydrogens (tertiary/aromatic N) is 2. The first-order valence-corrected chi connectivity index (χ1v) is 14.2. The molecule has 0 aliphatic carbocycles. The molecular formula is C23H35N3O8Si. The van der Waals surface area contributed by atoms with Gasteiger partial charge in [-0.25, -0.2) is 14.4 Å². The average Bonchev–Trinajstić information content (AvgIpc) is 3.16. The number of carbonyl (C=O) groups excluding carboxylic acids is 2. The van der Waals surface area contributed by atoms with Gasteiger partial charge in [-0.3, -0.25) is 9.88 Å². The van der Waals surface area contributed by atoms with Crippen LogP contribution in [0, 0.1) is 0 Å². The fraction of sp³-hybridized carbons (Fsp3) is 0.565. The van der Waals surface area contributed by atoms with Crippen molar-refractivity contribution in [2.45, 2.75) is 63.8 Å². The predicted molar refractivity (Wildman–Crippen MR) is 132 cm³/mol. The Balaban J connectivity index is 2.16. The quantitative estimate of drug-likeness (QED) is 0.283.